The highest BCUT2D eigenvalue weighted by Gasteiger charge is 2.34. The molecule has 1 aromatic heterocycles. The van der Waals surface area contributed by atoms with Gasteiger partial charge in [0.05, 0.1) is 5.52 Å². The highest BCUT2D eigenvalue weighted by Crippen LogP contribution is 2.34. The smallest absolute Gasteiger partial charge is 0.382 e. The number of rotatable bonds is 5. The van der Waals surface area contributed by atoms with Crippen molar-refractivity contribution in [3.63, 3.8) is 0 Å². The standard InChI is InChI=1S/C25H26F3N3O/c1-2-16-8-3-4-11-19(16)24(32)30-18-10-7-9-17(14-18)29-22-15-23(25(26,27)28)31-21-13-6-5-12-20(21)22/h3-6,8,11-13,15,17-18H,2,7,9-10,14H2,1H3,(H,29,31)(H,30,32)/t17-,18+/m0/s1. The van der Waals surface area contributed by atoms with Gasteiger partial charge in [0.25, 0.3) is 5.91 Å². The molecule has 32 heavy (non-hydrogen) atoms. The number of anilines is 1. The lowest BCUT2D eigenvalue weighted by atomic mass is 9.90. The number of halogens is 3. The van der Waals surface area contributed by atoms with Crippen LogP contribution in [-0.2, 0) is 12.6 Å². The lowest BCUT2D eigenvalue weighted by molar-refractivity contribution is -0.140. The Hall–Kier alpha value is -3.09. The summed E-state index contributed by atoms with van der Waals surface area (Å²) in [5, 5.41) is 7.09. The van der Waals surface area contributed by atoms with E-state index in [0.29, 0.717) is 28.6 Å². The number of benzene rings is 2. The van der Waals surface area contributed by atoms with Gasteiger partial charge in [0.15, 0.2) is 0 Å². The zero-order chi connectivity index (χ0) is 22.7. The molecule has 168 valence electrons. The largest absolute Gasteiger partial charge is 0.433 e. The lowest BCUT2D eigenvalue weighted by Crippen LogP contribution is -2.42. The van der Waals surface area contributed by atoms with Gasteiger partial charge in [0, 0.05) is 28.7 Å². The molecule has 0 unspecified atom stereocenters. The molecule has 2 atom stereocenters. The summed E-state index contributed by atoms with van der Waals surface area (Å²) in [7, 11) is 0. The molecule has 1 saturated carbocycles. The van der Waals surface area contributed by atoms with Crippen molar-refractivity contribution in [2.75, 3.05) is 5.32 Å². The summed E-state index contributed by atoms with van der Waals surface area (Å²) < 4.78 is 40.1. The number of amides is 1. The third-order valence-electron chi connectivity index (χ3n) is 6.02. The monoisotopic (exact) mass is 441 g/mol. The molecule has 1 aliphatic carbocycles. The highest BCUT2D eigenvalue weighted by molar-refractivity contribution is 5.96. The summed E-state index contributed by atoms with van der Waals surface area (Å²) in [6.07, 6.45) is -0.532. The normalized spacial score (nSPS) is 19.0. The second-order valence-corrected chi connectivity index (χ2v) is 8.26. The molecule has 0 bridgehead atoms. The van der Waals surface area contributed by atoms with Crippen LogP contribution in [0.2, 0.25) is 0 Å². The molecule has 0 spiro atoms. The minimum atomic E-state index is -4.52. The number of carbonyl (C=O) groups excluding carboxylic acids is 1. The summed E-state index contributed by atoms with van der Waals surface area (Å²) in [5.41, 5.74) is 1.51. The van der Waals surface area contributed by atoms with Gasteiger partial charge in [-0.1, -0.05) is 43.3 Å². The third-order valence-corrected chi connectivity index (χ3v) is 6.02. The predicted octanol–water partition coefficient (Wildman–Crippen LogP) is 5.97. The maximum atomic E-state index is 13.4. The van der Waals surface area contributed by atoms with E-state index in [1.54, 1.807) is 24.3 Å². The van der Waals surface area contributed by atoms with Crippen molar-refractivity contribution < 1.29 is 18.0 Å². The van der Waals surface area contributed by atoms with E-state index in [1.165, 1.54) is 0 Å². The van der Waals surface area contributed by atoms with Crippen molar-refractivity contribution in [3.8, 4) is 0 Å². The Morgan fingerprint density at radius 1 is 1.06 bits per heavy atom. The van der Waals surface area contributed by atoms with E-state index in [9.17, 15) is 18.0 Å². The summed E-state index contributed by atoms with van der Waals surface area (Å²) >= 11 is 0. The number of hydrogen-bond acceptors (Lipinski definition) is 3. The topological polar surface area (TPSA) is 54.0 Å². The highest BCUT2D eigenvalue weighted by atomic mass is 19.4. The molecular formula is C25H26F3N3O. The van der Waals surface area contributed by atoms with Crippen LogP contribution in [0.25, 0.3) is 10.9 Å². The second kappa shape index (κ2) is 9.18. The van der Waals surface area contributed by atoms with Crippen LogP contribution < -0.4 is 10.6 Å². The summed E-state index contributed by atoms with van der Waals surface area (Å²) in [6, 6.07) is 15.4. The van der Waals surface area contributed by atoms with Gasteiger partial charge in [0.1, 0.15) is 5.69 Å². The average Bonchev–Trinajstić information content (AvgIpc) is 2.78. The molecule has 0 radical (unpaired) electrons. The van der Waals surface area contributed by atoms with Crippen LogP contribution in [0.15, 0.2) is 54.6 Å². The minimum Gasteiger partial charge on any atom is -0.382 e. The molecule has 0 saturated heterocycles. The second-order valence-electron chi connectivity index (χ2n) is 8.26. The number of aryl methyl sites for hydroxylation is 1. The first-order valence-electron chi connectivity index (χ1n) is 11.0. The molecule has 4 nitrogen and oxygen atoms in total. The quantitative estimate of drug-likeness (QED) is 0.513. The number of nitrogens with zero attached hydrogens (tertiary/aromatic N) is 1. The van der Waals surface area contributed by atoms with Crippen LogP contribution >= 0.6 is 0 Å². The van der Waals surface area contributed by atoms with E-state index in [-0.39, 0.29) is 18.0 Å². The van der Waals surface area contributed by atoms with E-state index in [2.05, 4.69) is 15.6 Å². The number of hydrogen-bond donors (Lipinski definition) is 2. The van der Waals surface area contributed by atoms with Crippen molar-refractivity contribution in [2.24, 2.45) is 0 Å². The number of fused-ring (bicyclic) bond motifs is 1. The van der Waals surface area contributed by atoms with Crippen LogP contribution in [0.5, 0.6) is 0 Å². The predicted molar refractivity (Wildman–Crippen MR) is 120 cm³/mol. The van der Waals surface area contributed by atoms with Gasteiger partial charge < -0.3 is 10.6 Å². The Balaban J connectivity index is 1.51. The summed E-state index contributed by atoms with van der Waals surface area (Å²) in [6.45, 7) is 2.01. The molecule has 3 aromatic rings. The fraction of sp³-hybridized carbons (Fsp3) is 0.360. The number of aromatic nitrogens is 1. The number of nitrogens with one attached hydrogen (secondary N) is 2. The van der Waals surface area contributed by atoms with Crippen molar-refractivity contribution in [3.05, 3.63) is 71.4 Å². The molecule has 1 amide bonds. The van der Waals surface area contributed by atoms with Gasteiger partial charge >= 0.3 is 6.18 Å². The average molecular weight is 441 g/mol. The van der Waals surface area contributed by atoms with Gasteiger partial charge in [-0.25, -0.2) is 4.98 Å². The fourth-order valence-corrected chi connectivity index (χ4v) is 4.43. The Bertz CT molecular complexity index is 1110. The minimum absolute atomic E-state index is 0.0335. The molecule has 2 N–H and O–H groups in total. The molecule has 4 rings (SSSR count). The lowest BCUT2D eigenvalue weighted by Gasteiger charge is -2.31. The van der Waals surface area contributed by atoms with Crippen LogP contribution in [0.1, 0.15) is 54.2 Å². The number of para-hydroxylation sites is 1. The molecular weight excluding hydrogens is 415 g/mol. The van der Waals surface area contributed by atoms with Crippen molar-refractivity contribution >= 4 is 22.5 Å². The maximum absolute atomic E-state index is 13.4. The Kier molecular flexibility index (Phi) is 6.35. The van der Waals surface area contributed by atoms with Crippen molar-refractivity contribution in [2.45, 2.75) is 57.3 Å². The van der Waals surface area contributed by atoms with E-state index in [0.717, 1.165) is 37.3 Å². The molecule has 0 aliphatic heterocycles. The van der Waals surface area contributed by atoms with Crippen LogP contribution in [0.3, 0.4) is 0 Å². The molecule has 7 heteroatoms. The maximum Gasteiger partial charge on any atom is 0.433 e. The third kappa shape index (κ3) is 4.87. The van der Waals surface area contributed by atoms with Gasteiger partial charge in [0.2, 0.25) is 0 Å². The number of carbonyl (C=O) groups is 1. The first-order valence-corrected chi connectivity index (χ1v) is 11.0. The number of pyridine rings is 1. The SMILES string of the molecule is CCc1ccccc1C(=O)N[C@@H]1CCC[C@H](Nc2cc(C(F)(F)F)nc3ccccc23)C1. The Morgan fingerprint density at radius 3 is 2.56 bits per heavy atom. The summed E-state index contributed by atoms with van der Waals surface area (Å²) in [5.74, 6) is -0.0955. The summed E-state index contributed by atoms with van der Waals surface area (Å²) in [4.78, 5) is 16.6. The van der Waals surface area contributed by atoms with Gasteiger partial charge in [-0.2, -0.15) is 13.2 Å². The van der Waals surface area contributed by atoms with Crippen LogP contribution in [-0.4, -0.2) is 23.0 Å². The zero-order valence-electron chi connectivity index (χ0n) is 17.9. The van der Waals surface area contributed by atoms with E-state index in [1.807, 2.05) is 31.2 Å². The molecule has 2 aromatic carbocycles. The molecule has 1 aliphatic rings. The van der Waals surface area contributed by atoms with Crippen molar-refractivity contribution in [1.29, 1.82) is 0 Å². The fourth-order valence-electron chi connectivity index (χ4n) is 4.43. The van der Waals surface area contributed by atoms with Crippen LogP contribution in [0, 0.1) is 0 Å². The molecule has 1 fully saturated rings. The van der Waals surface area contributed by atoms with Gasteiger partial charge in [-0.15, -0.1) is 0 Å². The Morgan fingerprint density at radius 2 is 1.78 bits per heavy atom. The van der Waals surface area contributed by atoms with Gasteiger partial charge in [-0.3, -0.25) is 4.79 Å². The van der Waals surface area contributed by atoms with E-state index >= 15 is 0 Å². The van der Waals surface area contributed by atoms with Crippen molar-refractivity contribution in [1.82, 2.24) is 10.3 Å². The zero-order valence-corrected chi connectivity index (χ0v) is 17.9. The Labute approximate surface area is 185 Å². The van der Waals surface area contributed by atoms with E-state index < -0.39 is 11.9 Å². The number of alkyl halides is 3. The van der Waals surface area contributed by atoms with Gasteiger partial charge in [-0.05, 0) is 55.9 Å². The molecule has 1 heterocycles. The van der Waals surface area contributed by atoms with E-state index in [4.69, 9.17) is 0 Å². The van der Waals surface area contributed by atoms with Crippen LogP contribution in [0.4, 0.5) is 18.9 Å². The first kappa shape index (κ1) is 22.1. The first-order chi connectivity index (χ1) is 15.3.